The van der Waals surface area contributed by atoms with Gasteiger partial charge >= 0.3 is 5.97 Å². The SMILES string of the molecule is CCN(C)CCNC(=O)C1CC=CCC1C(=O)O. The summed E-state index contributed by atoms with van der Waals surface area (Å²) in [4.78, 5) is 25.1. The first-order valence-electron chi connectivity index (χ1n) is 6.40. The number of carbonyl (C=O) groups excluding carboxylic acids is 1. The molecule has 18 heavy (non-hydrogen) atoms. The molecule has 102 valence electrons. The van der Waals surface area contributed by atoms with Crippen LogP contribution in [0.15, 0.2) is 12.2 Å². The third-order valence-corrected chi connectivity index (χ3v) is 3.42. The van der Waals surface area contributed by atoms with Gasteiger partial charge in [-0.1, -0.05) is 19.1 Å². The molecule has 1 amide bonds. The normalized spacial score (nSPS) is 23.1. The van der Waals surface area contributed by atoms with Gasteiger partial charge in [0, 0.05) is 13.1 Å². The van der Waals surface area contributed by atoms with Gasteiger partial charge in [0.2, 0.25) is 5.91 Å². The van der Waals surface area contributed by atoms with Gasteiger partial charge in [0.25, 0.3) is 0 Å². The quantitative estimate of drug-likeness (QED) is 0.685. The summed E-state index contributed by atoms with van der Waals surface area (Å²) in [6.07, 6.45) is 4.70. The lowest BCUT2D eigenvalue weighted by molar-refractivity contribution is -0.147. The Balaban J connectivity index is 2.44. The molecule has 5 nitrogen and oxygen atoms in total. The zero-order chi connectivity index (χ0) is 13.5. The molecule has 0 aromatic carbocycles. The first-order chi connectivity index (χ1) is 8.56. The number of nitrogens with one attached hydrogen (secondary N) is 1. The predicted molar refractivity (Wildman–Crippen MR) is 69.2 cm³/mol. The molecular weight excluding hydrogens is 232 g/mol. The molecule has 0 heterocycles. The molecule has 0 bridgehead atoms. The van der Waals surface area contributed by atoms with Crippen LogP contribution in [0.4, 0.5) is 0 Å². The summed E-state index contributed by atoms with van der Waals surface area (Å²) in [5, 5.41) is 11.9. The van der Waals surface area contributed by atoms with Crippen LogP contribution in [0, 0.1) is 11.8 Å². The Hall–Kier alpha value is -1.36. The second-order valence-corrected chi connectivity index (χ2v) is 4.68. The maximum absolute atomic E-state index is 12.0. The second kappa shape index (κ2) is 7.16. The summed E-state index contributed by atoms with van der Waals surface area (Å²) < 4.78 is 0. The lowest BCUT2D eigenvalue weighted by Gasteiger charge is -2.24. The van der Waals surface area contributed by atoms with Crippen molar-refractivity contribution in [2.24, 2.45) is 11.8 Å². The summed E-state index contributed by atoms with van der Waals surface area (Å²) in [6.45, 7) is 4.33. The van der Waals surface area contributed by atoms with Crippen molar-refractivity contribution in [3.63, 3.8) is 0 Å². The summed E-state index contributed by atoms with van der Waals surface area (Å²) in [5.41, 5.74) is 0. The molecule has 0 radical (unpaired) electrons. The van der Waals surface area contributed by atoms with E-state index < -0.39 is 17.8 Å². The smallest absolute Gasteiger partial charge is 0.307 e. The Kier molecular flexibility index (Phi) is 5.85. The van der Waals surface area contributed by atoms with Crippen LogP contribution < -0.4 is 5.32 Å². The van der Waals surface area contributed by atoms with E-state index in [1.165, 1.54) is 0 Å². The Labute approximate surface area is 108 Å². The Morgan fingerprint density at radius 1 is 1.33 bits per heavy atom. The van der Waals surface area contributed by atoms with Crippen LogP contribution in [0.1, 0.15) is 19.8 Å². The number of carboxylic acids is 1. The highest BCUT2D eigenvalue weighted by Crippen LogP contribution is 2.25. The van der Waals surface area contributed by atoms with Gasteiger partial charge in [-0.3, -0.25) is 9.59 Å². The van der Waals surface area contributed by atoms with Gasteiger partial charge < -0.3 is 15.3 Å². The highest BCUT2D eigenvalue weighted by Gasteiger charge is 2.33. The maximum Gasteiger partial charge on any atom is 0.307 e. The average molecular weight is 254 g/mol. The first kappa shape index (κ1) is 14.7. The number of nitrogens with zero attached hydrogens (tertiary/aromatic N) is 1. The second-order valence-electron chi connectivity index (χ2n) is 4.68. The average Bonchev–Trinajstić information content (AvgIpc) is 2.38. The highest BCUT2D eigenvalue weighted by atomic mass is 16.4. The van der Waals surface area contributed by atoms with E-state index in [0.717, 1.165) is 13.1 Å². The van der Waals surface area contributed by atoms with E-state index in [2.05, 4.69) is 10.2 Å². The molecule has 0 spiro atoms. The number of carbonyl (C=O) groups is 2. The minimum Gasteiger partial charge on any atom is -0.481 e. The van der Waals surface area contributed by atoms with Crippen molar-refractivity contribution in [1.29, 1.82) is 0 Å². The fourth-order valence-electron chi connectivity index (χ4n) is 2.04. The molecule has 5 heteroatoms. The standard InChI is InChI=1S/C13H22N2O3/c1-3-15(2)9-8-14-12(16)10-6-4-5-7-11(10)13(17)18/h4-5,10-11H,3,6-9H2,1-2H3,(H,14,16)(H,17,18). The Morgan fingerprint density at radius 3 is 2.50 bits per heavy atom. The highest BCUT2D eigenvalue weighted by molar-refractivity contribution is 5.85. The number of aliphatic carboxylic acids is 1. The molecule has 2 atom stereocenters. The number of carboxylic acid groups (broad SMARTS) is 1. The molecule has 0 saturated heterocycles. The van der Waals surface area contributed by atoms with E-state index in [-0.39, 0.29) is 5.91 Å². The van der Waals surface area contributed by atoms with Gasteiger partial charge in [-0.05, 0) is 26.4 Å². The first-order valence-corrected chi connectivity index (χ1v) is 6.40. The number of hydrogen-bond donors (Lipinski definition) is 2. The van der Waals surface area contributed by atoms with Crippen molar-refractivity contribution in [3.8, 4) is 0 Å². The van der Waals surface area contributed by atoms with Crippen molar-refractivity contribution in [1.82, 2.24) is 10.2 Å². The predicted octanol–water partition coefficient (Wildman–Crippen LogP) is 0.721. The van der Waals surface area contributed by atoms with Gasteiger partial charge in [-0.25, -0.2) is 0 Å². The minimum absolute atomic E-state index is 0.142. The largest absolute Gasteiger partial charge is 0.481 e. The third-order valence-electron chi connectivity index (χ3n) is 3.42. The van der Waals surface area contributed by atoms with Crippen molar-refractivity contribution >= 4 is 11.9 Å². The number of hydrogen-bond acceptors (Lipinski definition) is 3. The molecule has 2 N–H and O–H groups in total. The van der Waals surface area contributed by atoms with Crippen LogP contribution in [-0.4, -0.2) is 48.6 Å². The summed E-state index contributed by atoms with van der Waals surface area (Å²) in [5.74, 6) is -2.04. The fourth-order valence-corrected chi connectivity index (χ4v) is 2.04. The van der Waals surface area contributed by atoms with Gasteiger partial charge in [-0.2, -0.15) is 0 Å². The van der Waals surface area contributed by atoms with E-state index >= 15 is 0 Å². The summed E-state index contributed by atoms with van der Waals surface area (Å²) in [6, 6.07) is 0. The van der Waals surface area contributed by atoms with E-state index in [4.69, 9.17) is 5.11 Å². The van der Waals surface area contributed by atoms with Gasteiger partial charge in [0.15, 0.2) is 0 Å². The van der Waals surface area contributed by atoms with Crippen LogP contribution in [-0.2, 0) is 9.59 Å². The van der Waals surface area contributed by atoms with E-state index in [0.29, 0.717) is 19.4 Å². The van der Waals surface area contributed by atoms with Gasteiger partial charge in [0.1, 0.15) is 0 Å². The number of rotatable bonds is 6. The molecule has 0 aromatic rings. The van der Waals surface area contributed by atoms with Gasteiger partial charge in [0.05, 0.1) is 11.8 Å². The summed E-state index contributed by atoms with van der Waals surface area (Å²) in [7, 11) is 1.98. The number of allylic oxidation sites excluding steroid dienone is 2. The van der Waals surface area contributed by atoms with Crippen molar-refractivity contribution in [3.05, 3.63) is 12.2 Å². The fraction of sp³-hybridized carbons (Fsp3) is 0.692. The maximum atomic E-state index is 12.0. The molecule has 1 rings (SSSR count). The third kappa shape index (κ3) is 4.14. The molecule has 0 fully saturated rings. The Bertz CT molecular complexity index is 328. The molecule has 0 saturated carbocycles. The molecular formula is C13H22N2O3. The van der Waals surface area contributed by atoms with Crippen LogP contribution in [0.25, 0.3) is 0 Å². The molecule has 0 aromatic heterocycles. The number of likely N-dealkylation sites (N-methyl/N-ethyl adjacent to an activating group) is 1. The molecule has 1 aliphatic rings. The lowest BCUT2D eigenvalue weighted by atomic mass is 9.82. The van der Waals surface area contributed by atoms with Gasteiger partial charge in [-0.15, -0.1) is 0 Å². The minimum atomic E-state index is -0.884. The zero-order valence-corrected chi connectivity index (χ0v) is 11.1. The molecule has 2 unspecified atom stereocenters. The van der Waals surface area contributed by atoms with E-state index in [9.17, 15) is 9.59 Å². The molecule has 0 aliphatic heterocycles. The summed E-state index contributed by atoms with van der Waals surface area (Å²) >= 11 is 0. The topological polar surface area (TPSA) is 69.6 Å². The van der Waals surface area contributed by atoms with Crippen molar-refractivity contribution in [2.75, 3.05) is 26.7 Å². The Morgan fingerprint density at radius 2 is 1.94 bits per heavy atom. The van der Waals surface area contributed by atoms with Crippen LogP contribution in [0.2, 0.25) is 0 Å². The number of amides is 1. The van der Waals surface area contributed by atoms with Crippen LogP contribution >= 0.6 is 0 Å². The lowest BCUT2D eigenvalue weighted by Crippen LogP contribution is -2.41. The van der Waals surface area contributed by atoms with Crippen LogP contribution in [0.5, 0.6) is 0 Å². The van der Waals surface area contributed by atoms with Crippen molar-refractivity contribution < 1.29 is 14.7 Å². The van der Waals surface area contributed by atoms with Crippen LogP contribution in [0.3, 0.4) is 0 Å². The van der Waals surface area contributed by atoms with E-state index in [1.807, 2.05) is 26.1 Å². The monoisotopic (exact) mass is 254 g/mol. The molecule has 1 aliphatic carbocycles. The zero-order valence-electron chi connectivity index (χ0n) is 11.1. The van der Waals surface area contributed by atoms with E-state index in [1.54, 1.807) is 0 Å². The van der Waals surface area contributed by atoms with Crippen molar-refractivity contribution in [2.45, 2.75) is 19.8 Å².